The average molecular weight is 640 g/mol. The Kier molecular flexibility index (Phi) is 28.5. The molecule has 0 aliphatic carbocycles. The summed E-state index contributed by atoms with van der Waals surface area (Å²) in [5, 5.41) is 0. The summed E-state index contributed by atoms with van der Waals surface area (Å²) in [4.78, 5) is 24.8. The van der Waals surface area contributed by atoms with Crippen molar-refractivity contribution in [3.63, 3.8) is 0 Å². The first-order chi connectivity index (χ1) is 17.3. The van der Waals surface area contributed by atoms with Gasteiger partial charge in [0.25, 0.3) is 0 Å². The van der Waals surface area contributed by atoms with Crippen molar-refractivity contribution in [3.8, 4) is 0 Å². The second-order valence-electron chi connectivity index (χ2n) is 11.8. The van der Waals surface area contributed by atoms with E-state index >= 15 is 0 Å². The van der Waals surface area contributed by atoms with Crippen LogP contribution in [0.25, 0.3) is 0 Å². The third-order valence-corrected chi connectivity index (χ3v) is 6.69. The van der Waals surface area contributed by atoms with Crippen LogP contribution in [0.5, 0.6) is 0 Å². The SMILES string of the molecule is CCCCCCCCCCCCOC(=O)CC(C[N+](C)(C)C)OC(=O)CCCCCCCCCCC.[I-]. The number of hydrogen-bond donors (Lipinski definition) is 0. The number of esters is 2. The van der Waals surface area contributed by atoms with Gasteiger partial charge in [0.05, 0.1) is 34.2 Å². The molecule has 0 aromatic rings. The van der Waals surface area contributed by atoms with E-state index in [0.717, 1.165) is 25.7 Å². The molecule has 0 spiro atoms. The van der Waals surface area contributed by atoms with E-state index in [0.29, 0.717) is 24.1 Å². The van der Waals surface area contributed by atoms with Crippen LogP contribution in [-0.2, 0) is 19.1 Å². The zero-order valence-electron chi connectivity index (χ0n) is 25.3. The highest BCUT2D eigenvalue weighted by molar-refractivity contribution is 5.72. The number of unbranched alkanes of at least 4 members (excludes halogenated alkanes) is 17. The Morgan fingerprint density at radius 2 is 1.00 bits per heavy atom. The molecule has 0 aliphatic heterocycles. The molecule has 0 saturated carbocycles. The fourth-order valence-electron chi connectivity index (χ4n) is 4.60. The summed E-state index contributed by atoms with van der Waals surface area (Å²) in [6.07, 6.45) is 23.7. The van der Waals surface area contributed by atoms with Gasteiger partial charge in [0, 0.05) is 6.42 Å². The van der Waals surface area contributed by atoms with E-state index < -0.39 is 6.10 Å². The van der Waals surface area contributed by atoms with Crippen LogP contribution in [0.15, 0.2) is 0 Å². The molecule has 0 aromatic heterocycles. The molecule has 0 fully saturated rings. The normalized spacial score (nSPS) is 12.1. The van der Waals surface area contributed by atoms with Gasteiger partial charge in [-0.2, -0.15) is 0 Å². The lowest BCUT2D eigenvalue weighted by Crippen LogP contribution is -3.00. The zero-order chi connectivity index (χ0) is 26.9. The second kappa shape index (κ2) is 27.2. The largest absolute Gasteiger partial charge is 1.00 e. The molecule has 0 aliphatic rings. The molecule has 0 rings (SSSR count). The Hall–Kier alpha value is -0.370. The summed E-state index contributed by atoms with van der Waals surface area (Å²) >= 11 is 0. The van der Waals surface area contributed by atoms with E-state index in [1.54, 1.807) is 0 Å². The Balaban J connectivity index is 0. The third-order valence-electron chi connectivity index (χ3n) is 6.69. The molecule has 5 nitrogen and oxygen atoms in total. The molecular weight excluding hydrogens is 577 g/mol. The van der Waals surface area contributed by atoms with E-state index in [1.165, 1.54) is 96.3 Å². The number of ether oxygens (including phenoxy) is 2. The van der Waals surface area contributed by atoms with Crippen LogP contribution in [0.1, 0.15) is 149 Å². The smallest absolute Gasteiger partial charge is 0.309 e. The van der Waals surface area contributed by atoms with Crippen LogP contribution in [0.2, 0.25) is 0 Å². The predicted octanol–water partition coefficient (Wildman–Crippen LogP) is 5.38. The van der Waals surface area contributed by atoms with Crippen molar-refractivity contribution in [1.29, 1.82) is 0 Å². The Labute approximate surface area is 247 Å². The van der Waals surface area contributed by atoms with Crippen LogP contribution < -0.4 is 24.0 Å². The van der Waals surface area contributed by atoms with Gasteiger partial charge in [-0.05, 0) is 12.8 Å². The first-order valence-corrected chi connectivity index (χ1v) is 15.4. The third kappa shape index (κ3) is 30.0. The van der Waals surface area contributed by atoms with Gasteiger partial charge >= 0.3 is 11.9 Å². The van der Waals surface area contributed by atoms with Crippen molar-refractivity contribution in [2.75, 3.05) is 34.3 Å². The van der Waals surface area contributed by atoms with E-state index in [2.05, 4.69) is 35.0 Å². The van der Waals surface area contributed by atoms with Gasteiger partial charge in [0.15, 0.2) is 6.10 Å². The second-order valence-corrected chi connectivity index (χ2v) is 11.8. The topological polar surface area (TPSA) is 52.6 Å². The summed E-state index contributed by atoms with van der Waals surface area (Å²) in [5.74, 6) is -0.431. The first kappa shape index (κ1) is 38.8. The highest BCUT2D eigenvalue weighted by atomic mass is 127. The molecule has 1 atom stereocenters. The van der Waals surface area contributed by atoms with Gasteiger partial charge in [-0.25, -0.2) is 0 Å². The van der Waals surface area contributed by atoms with Crippen molar-refractivity contribution in [2.24, 2.45) is 0 Å². The number of hydrogen-bond acceptors (Lipinski definition) is 4. The molecule has 0 heterocycles. The number of nitrogens with zero attached hydrogens (tertiary/aromatic N) is 1. The van der Waals surface area contributed by atoms with Crippen molar-refractivity contribution in [2.45, 2.75) is 155 Å². The molecule has 6 heteroatoms. The minimum absolute atomic E-state index is 0. The lowest BCUT2D eigenvalue weighted by Gasteiger charge is -2.28. The van der Waals surface area contributed by atoms with Crippen molar-refractivity contribution in [3.05, 3.63) is 0 Å². The van der Waals surface area contributed by atoms with Crippen molar-refractivity contribution < 1.29 is 47.5 Å². The highest BCUT2D eigenvalue weighted by Crippen LogP contribution is 2.14. The van der Waals surface area contributed by atoms with Gasteiger partial charge in [0.1, 0.15) is 6.54 Å². The summed E-state index contributed by atoms with van der Waals surface area (Å²) in [5.41, 5.74) is 0. The van der Waals surface area contributed by atoms with Crippen LogP contribution in [-0.4, -0.2) is 56.8 Å². The number of halogens is 1. The monoisotopic (exact) mass is 639 g/mol. The number of rotatable bonds is 26. The van der Waals surface area contributed by atoms with Crippen LogP contribution >= 0.6 is 0 Å². The Morgan fingerprint density at radius 3 is 1.43 bits per heavy atom. The van der Waals surface area contributed by atoms with Crippen molar-refractivity contribution in [1.82, 2.24) is 0 Å². The molecule has 1 unspecified atom stereocenters. The first-order valence-electron chi connectivity index (χ1n) is 15.4. The molecule has 222 valence electrons. The van der Waals surface area contributed by atoms with E-state index in [-0.39, 0.29) is 42.3 Å². The summed E-state index contributed by atoms with van der Waals surface area (Å²) < 4.78 is 11.8. The molecule has 37 heavy (non-hydrogen) atoms. The van der Waals surface area contributed by atoms with Crippen molar-refractivity contribution >= 4 is 11.9 Å². The molecule has 0 bridgehead atoms. The maximum absolute atomic E-state index is 12.4. The Bertz CT molecular complexity index is 522. The predicted molar refractivity (Wildman–Crippen MR) is 152 cm³/mol. The average Bonchev–Trinajstić information content (AvgIpc) is 2.80. The van der Waals surface area contributed by atoms with Gasteiger partial charge in [-0.15, -0.1) is 0 Å². The van der Waals surface area contributed by atoms with Crippen LogP contribution in [0.3, 0.4) is 0 Å². The molecule has 0 N–H and O–H groups in total. The maximum Gasteiger partial charge on any atom is 0.309 e. The lowest BCUT2D eigenvalue weighted by molar-refractivity contribution is -0.873. The number of quaternary nitrogens is 1. The van der Waals surface area contributed by atoms with Gasteiger partial charge in [-0.1, -0.05) is 123 Å². The lowest BCUT2D eigenvalue weighted by atomic mass is 10.1. The van der Waals surface area contributed by atoms with E-state index in [9.17, 15) is 9.59 Å². The fourth-order valence-corrected chi connectivity index (χ4v) is 4.60. The standard InChI is InChI=1S/C31H62NO4.HI/c1-6-8-10-12-14-16-18-20-22-24-26-35-31(34)27-29(28-32(3,4)5)36-30(33)25-23-21-19-17-15-13-11-9-7-2;/h29H,6-28H2,1-5H3;1H/q+1;/p-1. The maximum atomic E-state index is 12.4. The zero-order valence-corrected chi connectivity index (χ0v) is 27.5. The van der Waals surface area contributed by atoms with Crippen LogP contribution in [0.4, 0.5) is 0 Å². The van der Waals surface area contributed by atoms with E-state index in [1.807, 2.05) is 0 Å². The minimum Gasteiger partial charge on any atom is -1.00 e. The van der Waals surface area contributed by atoms with Gasteiger partial charge in [0.2, 0.25) is 0 Å². The number of carbonyl (C=O) groups is 2. The summed E-state index contributed by atoms with van der Waals surface area (Å²) in [6.45, 7) is 5.57. The molecule has 0 amide bonds. The minimum atomic E-state index is -0.420. The molecular formula is C31H62INO4. The van der Waals surface area contributed by atoms with Gasteiger partial charge < -0.3 is 37.9 Å². The van der Waals surface area contributed by atoms with Gasteiger partial charge in [-0.3, -0.25) is 9.59 Å². The quantitative estimate of drug-likeness (QED) is 0.0552. The number of likely N-dealkylation sites (N-methyl/N-ethyl adjacent to an activating group) is 1. The summed E-state index contributed by atoms with van der Waals surface area (Å²) in [7, 11) is 6.16. The summed E-state index contributed by atoms with van der Waals surface area (Å²) in [6, 6.07) is 0. The Morgan fingerprint density at radius 1 is 0.595 bits per heavy atom. The van der Waals surface area contributed by atoms with Crippen LogP contribution in [0, 0.1) is 0 Å². The number of carbonyl (C=O) groups excluding carboxylic acids is 2. The fraction of sp³-hybridized carbons (Fsp3) is 0.935. The molecule has 0 aromatic carbocycles. The highest BCUT2D eigenvalue weighted by Gasteiger charge is 2.25. The molecule has 0 saturated heterocycles. The van der Waals surface area contributed by atoms with E-state index in [4.69, 9.17) is 9.47 Å². The molecule has 0 radical (unpaired) electrons.